The Kier molecular flexibility index (Phi) is 4.55. The van der Waals surface area contributed by atoms with E-state index in [0.29, 0.717) is 35.9 Å². The lowest BCUT2D eigenvalue weighted by Crippen LogP contribution is -2.27. The maximum atomic E-state index is 12.3. The van der Waals surface area contributed by atoms with Crippen LogP contribution in [-0.4, -0.2) is 37.2 Å². The maximum Gasteiger partial charge on any atom is 0.254 e. The van der Waals surface area contributed by atoms with Crippen LogP contribution >= 0.6 is 0 Å². The van der Waals surface area contributed by atoms with Crippen molar-refractivity contribution in [2.45, 2.75) is 13.3 Å². The number of nitrogens with one attached hydrogen (secondary N) is 2. The van der Waals surface area contributed by atoms with Gasteiger partial charge < -0.3 is 16.0 Å². The number of aromatic amines is 1. The van der Waals surface area contributed by atoms with E-state index in [1.807, 2.05) is 18.2 Å². The molecule has 0 aromatic carbocycles. The number of carbonyl (C=O) groups is 1. The van der Waals surface area contributed by atoms with Gasteiger partial charge in [-0.25, -0.2) is 14.6 Å². The minimum absolute atomic E-state index is 0.151. The van der Waals surface area contributed by atoms with E-state index in [4.69, 9.17) is 5.73 Å². The lowest BCUT2D eigenvalue weighted by Gasteiger charge is -2.06. The Morgan fingerprint density at radius 2 is 2.24 bits per heavy atom. The van der Waals surface area contributed by atoms with Crippen molar-refractivity contribution in [3.63, 3.8) is 0 Å². The van der Waals surface area contributed by atoms with Crippen LogP contribution < -0.4 is 16.6 Å². The Balaban J connectivity index is 1.66. The zero-order chi connectivity index (χ0) is 17.8. The molecule has 25 heavy (non-hydrogen) atoms. The van der Waals surface area contributed by atoms with Gasteiger partial charge in [0.25, 0.3) is 11.5 Å². The van der Waals surface area contributed by atoms with Gasteiger partial charge in [-0.1, -0.05) is 6.07 Å². The third-order valence-electron chi connectivity index (χ3n) is 3.58. The van der Waals surface area contributed by atoms with Crippen molar-refractivity contribution < 1.29 is 4.79 Å². The summed E-state index contributed by atoms with van der Waals surface area (Å²) in [4.78, 5) is 34.5. The number of nitrogens with zero attached hydrogens (tertiary/aromatic N) is 4. The smallest absolute Gasteiger partial charge is 0.254 e. The van der Waals surface area contributed by atoms with Crippen LogP contribution in [0.4, 0.5) is 5.82 Å². The molecule has 0 bridgehead atoms. The Bertz CT molecular complexity index is 947. The molecule has 9 heteroatoms. The first kappa shape index (κ1) is 16.4. The fourth-order valence-corrected chi connectivity index (χ4v) is 2.38. The molecule has 0 atom stereocenters. The molecule has 0 aliphatic heterocycles. The molecule has 0 aliphatic carbocycles. The fourth-order valence-electron chi connectivity index (χ4n) is 2.38. The molecule has 0 saturated carbocycles. The average Bonchev–Trinajstić information content (AvgIpc) is 2.96. The van der Waals surface area contributed by atoms with Gasteiger partial charge in [0.15, 0.2) is 5.82 Å². The number of anilines is 1. The van der Waals surface area contributed by atoms with E-state index >= 15 is 0 Å². The van der Waals surface area contributed by atoms with E-state index < -0.39 is 0 Å². The summed E-state index contributed by atoms with van der Waals surface area (Å²) in [6.45, 7) is 2.10. The molecule has 3 heterocycles. The van der Waals surface area contributed by atoms with Crippen molar-refractivity contribution in [3.8, 4) is 5.82 Å². The molecular formula is C16H17N7O2. The van der Waals surface area contributed by atoms with Crippen molar-refractivity contribution in [1.29, 1.82) is 0 Å². The number of nitrogen functional groups attached to an aromatic ring is 1. The van der Waals surface area contributed by atoms with Gasteiger partial charge in [0, 0.05) is 25.2 Å². The third kappa shape index (κ3) is 3.71. The molecule has 3 aromatic heterocycles. The van der Waals surface area contributed by atoms with E-state index in [1.165, 1.54) is 12.3 Å². The summed E-state index contributed by atoms with van der Waals surface area (Å²) in [5.41, 5.74) is 6.35. The summed E-state index contributed by atoms with van der Waals surface area (Å²) in [5, 5.41) is 6.99. The highest BCUT2D eigenvalue weighted by atomic mass is 16.1. The van der Waals surface area contributed by atoms with Crippen LogP contribution in [0.15, 0.2) is 41.5 Å². The van der Waals surface area contributed by atoms with Crippen molar-refractivity contribution in [3.05, 3.63) is 64.1 Å². The van der Waals surface area contributed by atoms with Crippen molar-refractivity contribution >= 4 is 11.7 Å². The number of nitrogens with two attached hydrogens (primary N) is 1. The maximum absolute atomic E-state index is 12.3. The summed E-state index contributed by atoms with van der Waals surface area (Å²) in [6, 6.07) is 6.67. The molecule has 0 radical (unpaired) electrons. The summed E-state index contributed by atoms with van der Waals surface area (Å²) in [6.07, 6.45) is 3.52. The minimum Gasteiger partial charge on any atom is -0.383 e. The highest BCUT2D eigenvalue weighted by molar-refractivity contribution is 5.95. The number of H-pyrrole nitrogens is 1. The number of hydrogen-bond acceptors (Lipinski definition) is 6. The molecular weight excluding hydrogens is 322 g/mol. The molecule has 0 spiro atoms. The van der Waals surface area contributed by atoms with Gasteiger partial charge >= 0.3 is 0 Å². The van der Waals surface area contributed by atoms with E-state index in [-0.39, 0.29) is 17.3 Å². The zero-order valence-corrected chi connectivity index (χ0v) is 13.6. The Labute approximate surface area is 142 Å². The van der Waals surface area contributed by atoms with Crippen molar-refractivity contribution in [2.24, 2.45) is 0 Å². The number of pyridine rings is 1. The Morgan fingerprint density at radius 1 is 1.40 bits per heavy atom. The lowest BCUT2D eigenvalue weighted by atomic mass is 10.2. The third-order valence-corrected chi connectivity index (χ3v) is 3.58. The highest BCUT2D eigenvalue weighted by Gasteiger charge is 2.15. The lowest BCUT2D eigenvalue weighted by molar-refractivity contribution is 0.0953. The monoisotopic (exact) mass is 339 g/mol. The average molecular weight is 339 g/mol. The van der Waals surface area contributed by atoms with Crippen molar-refractivity contribution in [2.75, 3.05) is 12.3 Å². The van der Waals surface area contributed by atoms with Gasteiger partial charge in [0.1, 0.15) is 11.6 Å². The van der Waals surface area contributed by atoms with E-state index in [2.05, 4.69) is 25.4 Å². The molecule has 4 N–H and O–H groups in total. The second-order valence-corrected chi connectivity index (χ2v) is 5.37. The van der Waals surface area contributed by atoms with Crippen LogP contribution in [0.1, 0.15) is 21.9 Å². The van der Waals surface area contributed by atoms with Gasteiger partial charge in [-0.05, 0) is 19.1 Å². The quantitative estimate of drug-likeness (QED) is 0.609. The number of rotatable bonds is 5. The van der Waals surface area contributed by atoms with Gasteiger partial charge in [0.05, 0.1) is 17.5 Å². The number of amides is 1. The molecule has 0 saturated heterocycles. The molecule has 0 aliphatic rings. The summed E-state index contributed by atoms with van der Waals surface area (Å²) in [7, 11) is 0. The molecule has 3 aromatic rings. The fraction of sp³-hybridized carbons (Fsp3) is 0.188. The van der Waals surface area contributed by atoms with Gasteiger partial charge in [0.2, 0.25) is 0 Å². The largest absolute Gasteiger partial charge is 0.383 e. The SMILES string of the molecule is Cc1c(C(=O)NCCc2nc(N)cc(=O)[nH]2)cnn1-c1ccccn1. The number of hydrogen-bond donors (Lipinski definition) is 3. The van der Waals surface area contributed by atoms with Crippen LogP contribution in [0.25, 0.3) is 5.82 Å². The molecule has 1 amide bonds. The zero-order valence-electron chi connectivity index (χ0n) is 13.6. The Hall–Kier alpha value is -3.49. The van der Waals surface area contributed by atoms with Gasteiger partial charge in [-0.15, -0.1) is 0 Å². The molecule has 9 nitrogen and oxygen atoms in total. The molecule has 0 unspecified atom stereocenters. The topological polar surface area (TPSA) is 132 Å². The van der Waals surface area contributed by atoms with E-state index in [0.717, 1.165) is 0 Å². The normalized spacial score (nSPS) is 10.6. The van der Waals surface area contributed by atoms with E-state index in [1.54, 1.807) is 17.8 Å². The standard InChI is InChI=1S/C16H17N7O2/c1-10-11(9-20-23(10)14-4-2-3-6-18-14)16(25)19-7-5-13-21-12(17)8-15(24)22-13/h2-4,6,8-9H,5,7H2,1H3,(H,19,25)(H3,17,21,22,24). The summed E-state index contributed by atoms with van der Waals surface area (Å²) in [5.74, 6) is 0.954. The molecule has 0 fully saturated rings. The number of carbonyl (C=O) groups excluding carboxylic acids is 1. The van der Waals surface area contributed by atoms with E-state index in [9.17, 15) is 9.59 Å². The second-order valence-electron chi connectivity index (χ2n) is 5.37. The first-order chi connectivity index (χ1) is 12.0. The van der Waals surface area contributed by atoms with Crippen LogP contribution in [-0.2, 0) is 6.42 Å². The predicted octanol–water partition coefficient (Wildman–Crippen LogP) is 0.214. The van der Waals surface area contributed by atoms with Gasteiger partial charge in [-0.2, -0.15) is 5.10 Å². The first-order valence-corrected chi connectivity index (χ1v) is 7.64. The second kappa shape index (κ2) is 6.95. The van der Waals surface area contributed by atoms with Crippen LogP contribution in [0.5, 0.6) is 0 Å². The summed E-state index contributed by atoms with van der Waals surface area (Å²) < 4.78 is 1.60. The molecule has 128 valence electrons. The van der Waals surface area contributed by atoms with Crippen LogP contribution in [0.2, 0.25) is 0 Å². The molecule has 3 rings (SSSR count). The van der Waals surface area contributed by atoms with Crippen LogP contribution in [0, 0.1) is 6.92 Å². The predicted molar refractivity (Wildman–Crippen MR) is 91.4 cm³/mol. The number of aromatic nitrogens is 5. The van der Waals surface area contributed by atoms with Crippen molar-refractivity contribution in [1.82, 2.24) is 30.0 Å². The Morgan fingerprint density at radius 3 is 2.96 bits per heavy atom. The minimum atomic E-state index is -0.318. The first-order valence-electron chi connectivity index (χ1n) is 7.64. The van der Waals surface area contributed by atoms with Crippen LogP contribution in [0.3, 0.4) is 0 Å². The highest BCUT2D eigenvalue weighted by Crippen LogP contribution is 2.11. The van der Waals surface area contributed by atoms with Gasteiger partial charge in [-0.3, -0.25) is 9.59 Å². The summed E-state index contributed by atoms with van der Waals surface area (Å²) >= 11 is 0.